The Morgan fingerprint density at radius 1 is 1.09 bits per heavy atom. The fourth-order valence-corrected chi connectivity index (χ4v) is 4.23. The third kappa shape index (κ3) is 5.48. The molecule has 35 heavy (non-hydrogen) atoms. The lowest BCUT2D eigenvalue weighted by atomic mass is 9.96. The number of benzene rings is 2. The number of aromatic nitrogens is 2. The third-order valence-electron chi connectivity index (χ3n) is 5.90. The third-order valence-corrected chi connectivity index (χ3v) is 5.90. The maximum atomic E-state index is 14.0. The Bertz CT molecular complexity index is 1210. The number of ketones is 1. The smallest absolute Gasteiger partial charge is 0.410 e. The standard InChI is InChI=1S/C27H32N4O4/c1-27(2,3)35-26(33)31-15-14-22-21(17-31)24(29-30(22)4)25(32)23(18-10-7-6-8-11-18)28-19-12-9-13-20(16-19)34-5/h6-13,16,23,28H,14-15,17H2,1-5H3. The van der Waals surface area contributed by atoms with Crippen LogP contribution in [-0.2, 0) is 24.8 Å². The number of nitrogens with one attached hydrogen (secondary N) is 1. The molecule has 0 saturated carbocycles. The predicted octanol–water partition coefficient (Wildman–Crippen LogP) is 4.76. The minimum Gasteiger partial charge on any atom is -0.497 e. The monoisotopic (exact) mass is 476 g/mol. The molecule has 1 unspecified atom stereocenters. The number of nitrogens with zero attached hydrogens (tertiary/aromatic N) is 3. The molecule has 0 saturated heterocycles. The van der Waals surface area contributed by atoms with Gasteiger partial charge < -0.3 is 19.7 Å². The Morgan fingerprint density at radius 3 is 2.51 bits per heavy atom. The predicted molar refractivity (Wildman–Crippen MR) is 134 cm³/mol. The molecule has 1 aliphatic rings. The summed E-state index contributed by atoms with van der Waals surface area (Å²) >= 11 is 0. The van der Waals surface area contributed by atoms with Crippen molar-refractivity contribution in [1.29, 1.82) is 0 Å². The van der Waals surface area contributed by atoms with Gasteiger partial charge in [-0.05, 0) is 38.5 Å². The molecule has 1 aliphatic heterocycles. The quantitative estimate of drug-likeness (QED) is 0.517. The van der Waals surface area contributed by atoms with Gasteiger partial charge in [0.05, 0.1) is 13.7 Å². The summed E-state index contributed by atoms with van der Waals surface area (Å²) in [5.41, 5.74) is 3.07. The molecular formula is C27H32N4O4. The van der Waals surface area contributed by atoms with Crippen LogP contribution < -0.4 is 10.1 Å². The van der Waals surface area contributed by atoms with Crippen LogP contribution in [0.2, 0.25) is 0 Å². The molecule has 8 heteroatoms. The summed E-state index contributed by atoms with van der Waals surface area (Å²) in [7, 11) is 3.45. The minimum absolute atomic E-state index is 0.165. The normalized spacial score (nSPS) is 14.1. The van der Waals surface area contributed by atoms with Crippen molar-refractivity contribution in [3.05, 3.63) is 77.1 Å². The van der Waals surface area contributed by atoms with Gasteiger partial charge in [-0.15, -0.1) is 0 Å². The Kier molecular flexibility index (Phi) is 6.82. The van der Waals surface area contributed by atoms with E-state index in [4.69, 9.17) is 9.47 Å². The van der Waals surface area contributed by atoms with Gasteiger partial charge in [-0.3, -0.25) is 9.48 Å². The molecule has 0 spiro atoms. The van der Waals surface area contributed by atoms with Crippen LogP contribution >= 0.6 is 0 Å². The number of ether oxygens (including phenoxy) is 2. The van der Waals surface area contributed by atoms with Gasteiger partial charge in [0.25, 0.3) is 0 Å². The summed E-state index contributed by atoms with van der Waals surface area (Å²) in [5.74, 6) is 0.527. The van der Waals surface area contributed by atoms with Crippen molar-refractivity contribution in [1.82, 2.24) is 14.7 Å². The van der Waals surface area contributed by atoms with Gasteiger partial charge >= 0.3 is 6.09 Å². The van der Waals surface area contributed by atoms with E-state index >= 15 is 0 Å². The number of carbonyl (C=O) groups is 2. The van der Waals surface area contributed by atoms with Crippen molar-refractivity contribution >= 4 is 17.6 Å². The van der Waals surface area contributed by atoms with Crippen molar-refractivity contribution in [2.75, 3.05) is 19.0 Å². The van der Waals surface area contributed by atoms with Gasteiger partial charge in [-0.25, -0.2) is 4.79 Å². The van der Waals surface area contributed by atoms with Gasteiger partial charge in [-0.2, -0.15) is 5.10 Å². The second-order valence-electron chi connectivity index (χ2n) is 9.63. The highest BCUT2D eigenvalue weighted by Crippen LogP contribution is 2.30. The summed E-state index contributed by atoms with van der Waals surface area (Å²) in [6, 6.07) is 16.3. The first-order valence-corrected chi connectivity index (χ1v) is 11.7. The highest BCUT2D eigenvalue weighted by atomic mass is 16.6. The molecule has 2 aromatic carbocycles. The van der Waals surface area contributed by atoms with E-state index in [1.165, 1.54) is 0 Å². The number of aryl methyl sites for hydroxylation is 1. The first-order valence-electron chi connectivity index (χ1n) is 11.7. The van der Waals surface area contributed by atoms with E-state index in [2.05, 4.69) is 10.4 Å². The maximum absolute atomic E-state index is 14.0. The first kappa shape index (κ1) is 24.3. The van der Waals surface area contributed by atoms with E-state index in [0.717, 1.165) is 22.5 Å². The zero-order chi connectivity index (χ0) is 25.2. The number of amides is 1. The number of fused-ring (bicyclic) bond motifs is 1. The second-order valence-corrected chi connectivity index (χ2v) is 9.63. The lowest BCUT2D eigenvalue weighted by Gasteiger charge is -2.30. The first-order chi connectivity index (χ1) is 16.7. The molecule has 1 atom stereocenters. The number of Topliss-reactive ketones (excluding diaryl/α,β-unsaturated/α-hetero) is 1. The molecule has 1 aromatic heterocycles. The molecule has 3 aromatic rings. The summed E-state index contributed by atoms with van der Waals surface area (Å²) in [6.45, 7) is 6.31. The van der Waals surface area contributed by atoms with Gasteiger partial charge in [0.15, 0.2) is 0 Å². The minimum atomic E-state index is -0.667. The molecule has 0 radical (unpaired) electrons. The Labute approximate surface area is 205 Å². The average Bonchev–Trinajstić information content (AvgIpc) is 3.17. The van der Waals surface area contributed by atoms with Crippen LogP contribution in [0.4, 0.5) is 10.5 Å². The number of anilines is 1. The number of hydrogen-bond donors (Lipinski definition) is 1. The van der Waals surface area contributed by atoms with Crippen LogP contribution in [0, 0.1) is 0 Å². The van der Waals surface area contributed by atoms with Crippen LogP contribution in [-0.4, -0.2) is 45.8 Å². The summed E-state index contributed by atoms with van der Waals surface area (Å²) in [4.78, 5) is 28.4. The fraction of sp³-hybridized carbons (Fsp3) is 0.370. The fourth-order valence-electron chi connectivity index (χ4n) is 4.23. The number of methoxy groups -OCH3 is 1. The van der Waals surface area contributed by atoms with Crippen LogP contribution in [0.15, 0.2) is 54.6 Å². The van der Waals surface area contributed by atoms with Crippen molar-refractivity contribution in [2.45, 2.75) is 45.4 Å². The topological polar surface area (TPSA) is 85.7 Å². The van der Waals surface area contributed by atoms with E-state index in [1.54, 1.807) is 16.7 Å². The van der Waals surface area contributed by atoms with Crippen LogP contribution in [0.25, 0.3) is 0 Å². The molecule has 1 amide bonds. The molecule has 2 heterocycles. The highest BCUT2D eigenvalue weighted by molar-refractivity contribution is 6.02. The van der Waals surface area contributed by atoms with Crippen LogP contribution in [0.1, 0.15) is 54.1 Å². The summed E-state index contributed by atoms with van der Waals surface area (Å²) < 4.78 is 12.7. The summed E-state index contributed by atoms with van der Waals surface area (Å²) in [5, 5.41) is 7.97. The van der Waals surface area contributed by atoms with Crippen molar-refractivity contribution in [2.24, 2.45) is 7.05 Å². The second kappa shape index (κ2) is 9.82. The lowest BCUT2D eigenvalue weighted by Crippen LogP contribution is -2.40. The number of carbonyl (C=O) groups excluding carboxylic acids is 2. The highest BCUT2D eigenvalue weighted by Gasteiger charge is 2.34. The van der Waals surface area contributed by atoms with Gasteiger partial charge in [0.2, 0.25) is 5.78 Å². The van der Waals surface area contributed by atoms with E-state index < -0.39 is 11.6 Å². The van der Waals surface area contributed by atoms with E-state index in [9.17, 15) is 9.59 Å². The van der Waals surface area contributed by atoms with Crippen LogP contribution in [0.5, 0.6) is 5.75 Å². The van der Waals surface area contributed by atoms with Crippen molar-refractivity contribution in [3.63, 3.8) is 0 Å². The zero-order valence-electron chi connectivity index (χ0n) is 20.9. The van der Waals surface area contributed by atoms with Crippen LogP contribution in [0.3, 0.4) is 0 Å². The number of hydrogen-bond acceptors (Lipinski definition) is 6. The molecule has 4 rings (SSSR count). The molecule has 8 nitrogen and oxygen atoms in total. The number of rotatable bonds is 6. The zero-order valence-corrected chi connectivity index (χ0v) is 20.9. The van der Waals surface area contributed by atoms with Crippen molar-refractivity contribution in [3.8, 4) is 5.75 Å². The largest absolute Gasteiger partial charge is 0.497 e. The summed E-state index contributed by atoms with van der Waals surface area (Å²) in [6.07, 6.45) is 0.213. The Hall–Kier alpha value is -3.81. The Balaban J connectivity index is 1.67. The van der Waals surface area contributed by atoms with Crippen molar-refractivity contribution < 1.29 is 19.1 Å². The van der Waals surface area contributed by atoms with Gasteiger partial charge in [0, 0.05) is 43.0 Å². The molecule has 0 aliphatic carbocycles. The molecular weight excluding hydrogens is 444 g/mol. The average molecular weight is 477 g/mol. The van der Waals surface area contributed by atoms with Gasteiger partial charge in [-0.1, -0.05) is 36.4 Å². The molecule has 1 N–H and O–H groups in total. The van der Waals surface area contributed by atoms with E-state index in [1.807, 2.05) is 82.4 Å². The SMILES string of the molecule is COc1cccc(NC(C(=O)c2nn(C)c3c2CN(C(=O)OC(C)(C)C)CC3)c2ccccc2)c1. The van der Waals surface area contributed by atoms with E-state index in [-0.39, 0.29) is 18.4 Å². The molecule has 184 valence electrons. The maximum Gasteiger partial charge on any atom is 0.410 e. The van der Waals surface area contributed by atoms with E-state index in [0.29, 0.717) is 24.4 Å². The van der Waals surface area contributed by atoms with Gasteiger partial charge in [0.1, 0.15) is 23.1 Å². The molecule has 0 bridgehead atoms. The Morgan fingerprint density at radius 2 is 1.83 bits per heavy atom. The lowest BCUT2D eigenvalue weighted by molar-refractivity contribution is 0.0221. The molecule has 0 fully saturated rings.